The predicted molar refractivity (Wildman–Crippen MR) is 239 cm³/mol. The Balaban J connectivity index is 2.29. The molecule has 0 aromatic heterocycles. The van der Waals surface area contributed by atoms with Crippen molar-refractivity contribution in [3.8, 4) is 0 Å². The largest absolute Gasteiger partial charge is 0.756 e. The van der Waals surface area contributed by atoms with Crippen molar-refractivity contribution in [2.45, 2.75) is 180 Å². The van der Waals surface area contributed by atoms with E-state index in [9.17, 15) is 14.3 Å². The number of carbonyl (C=O) groups is 1. The quantitative estimate of drug-likeness (QED) is 0.0114. The number of likely N-dealkylation sites (N-methyl/N-ethyl adjacent to an activating group) is 1. The number of rotatable bonds is 40. The normalized spacial score (nSPS) is 17.8. The van der Waals surface area contributed by atoms with Crippen LogP contribution in [0, 0.1) is 0 Å². The molecule has 1 aliphatic heterocycles. The topological polar surface area (TPSA) is 107 Å². The molecule has 0 aromatic carbocycles. The van der Waals surface area contributed by atoms with Crippen molar-refractivity contribution >= 4 is 13.8 Å². The van der Waals surface area contributed by atoms with Crippen molar-refractivity contribution in [2.24, 2.45) is 0 Å². The zero-order chi connectivity index (χ0) is 42.4. The number of quaternary nitrogens is 1. The molecule has 1 aliphatic rings. The van der Waals surface area contributed by atoms with E-state index in [4.69, 9.17) is 23.3 Å². The van der Waals surface area contributed by atoms with E-state index in [-0.39, 0.29) is 26.2 Å². The number of allylic oxidation sites excluding steroid dienone is 9. The highest BCUT2D eigenvalue weighted by Gasteiger charge is 2.35. The van der Waals surface area contributed by atoms with Gasteiger partial charge >= 0.3 is 5.97 Å². The second-order valence-electron chi connectivity index (χ2n) is 16.5. The number of carbonyl (C=O) groups excluding carboxylic acids is 1. The van der Waals surface area contributed by atoms with Gasteiger partial charge < -0.3 is 32.6 Å². The first-order valence-corrected chi connectivity index (χ1v) is 24.3. The van der Waals surface area contributed by atoms with Gasteiger partial charge in [-0.25, -0.2) is 0 Å². The van der Waals surface area contributed by atoms with Crippen molar-refractivity contribution in [2.75, 3.05) is 47.5 Å². The van der Waals surface area contributed by atoms with Gasteiger partial charge in [-0.15, -0.1) is 0 Å². The Morgan fingerprint density at radius 3 is 1.72 bits per heavy atom. The minimum absolute atomic E-state index is 0.00187. The molecule has 0 N–H and O–H groups in total. The zero-order valence-corrected chi connectivity index (χ0v) is 38.3. The lowest BCUT2D eigenvalue weighted by atomic mass is 10.0. The van der Waals surface area contributed by atoms with Gasteiger partial charge in [0, 0.05) is 6.42 Å². The van der Waals surface area contributed by atoms with E-state index < -0.39 is 19.9 Å². The third-order valence-corrected chi connectivity index (χ3v) is 10.7. The Morgan fingerprint density at radius 1 is 0.655 bits per heavy atom. The fourth-order valence-corrected chi connectivity index (χ4v) is 6.84. The van der Waals surface area contributed by atoms with Gasteiger partial charge in [-0.05, 0) is 63.9 Å². The summed E-state index contributed by atoms with van der Waals surface area (Å²) in [7, 11) is 1.26. The highest BCUT2D eigenvalue weighted by molar-refractivity contribution is 7.45. The summed E-state index contributed by atoms with van der Waals surface area (Å²) >= 11 is 0. The molecule has 9 nitrogen and oxygen atoms in total. The smallest absolute Gasteiger partial charge is 0.306 e. The predicted octanol–water partition coefficient (Wildman–Crippen LogP) is 12.2. The van der Waals surface area contributed by atoms with Gasteiger partial charge in [-0.1, -0.05) is 158 Å². The number of epoxide rings is 1. The van der Waals surface area contributed by atoms with Crippen molar-refractivity contribution in [1.82, 2.24) is 0 Å². The van der Waals surface area contributed by atoms with Crippen LogP contribution in [-0.2, 0) is 32.6 Å². The van der Waals surface area contributed by atoms with Gasteiger partial charge in [0.15, 0.2) is 6.10 Å². The van der Waals surface area contributed by atoms with Crippen LogP contribution >= 0.6 is 7.82 Å². The number of phosphoric acid groups is 1. The van der Waals surface area contributed by atoms with E-state index in [1.165, 1.54) is 83.5 Å². The number of unbranched alkanes of at least 4 members (excludes halogenated alkanes) is 14. The third-order valence-electron chi connectivity index (χ3n) is 9.75. The lowest BCUT2D eigenvalue weighted by Crippen LogP contribution is -2.37. The first-order valence-electron chi connectivity index (χ1n) is 22.8. The lowest BCUT2D eigenvalue weighted by molar-refractivity contribution is -0.870. The minimum Gasteiger partial charge on any atom is -0.756 e. The van der Waals surface area contributed by atoms with Crippen LogP contribution in [0.5, 0.6) is 0 Å². The van der Waals surface area contributed by atoms with Crippen LogP contribution < -0.4 is 4.89 Å². The van der Waals surface area contributed by atoms with E-state index in [2.05, 4.69) is 62.5 Å². The number of esters is 1. The molecule has 4 atom stereocenters. The minimum atomic E-state index is -4.57. The average Bonchev–Trinajstić information content (AvgIpc) is 3.93. The Kier molecular flexibility index (Phi) is 33.9. The Morgan fingerprint density at radius 2 is 1.17 bits per heavy atom. The molecule has 0 saturated carbocycles. The van der Waals surface area contributed by atoms with Crippen molar-refractivity contribution in [3.05, 3.63) is 73.1 Å². The first-order chi connectivity index (χ1) is 28.1. The molecular weight excluding hydrogens is 750 g/mol. The molecule has 0 aliphatic carbocycles. The molecule has 0 amide bonds. The van der Waals surface area contributed by atoms with Crippen LogP contribution in [0.2, 0.25) is 0 Å². The van der Waals surface area contributed by atoms with Crippen LogP contribution in [-0.4, -0.2) is 76.3 Å². The van der Waals surface area contributed by atoms with Gasteiger partial charge in [0.1, 0.15) is 19.8 Å². The maximum absolute atomic E-state index is 12.7. The van der Waals surface area contributed by atoms with Crippen molar-refractivity contribution in [1.29, 1.82) is 0 Å². The number of nitrogens with zero attached hydrogens (tertiary/aromatic N) is 1. The average molecular weight is 834 g/mol. The molecule has 1 heterocycles. The standard InChI is InChI=1S/C48H84NO8P/c1-6-8-10-11-12-13-14-15-16-17-20-23-26-29-32-36-41-53-43-45(44-55-58(51,52)54-42-40-49(3,4)5)56-48(50)39-35-31-28-25-22-19-18-21-24-27-30-34-38-47-46(57-47)37-33-9-7-2/h9,19,21-22,24,28,30-31,33-34,36,41,45-47H,6-8,10-18,20,23,25-27,29,32,35,37-40,42-44H2,1-5H3/b22-19-,24-21-,31-28-,33-9-,34-30-,41-36+/t45-,46?,47?/m1/s1. The zero-order valence-electron chi connectivity index (χ0n) is 37.4. The summed E-state index contributed by atoms with van der Waals surface area (Å²) in [6.07, 6.45) is 50.6. The summed E-state index contributed by atoms with van der Waals surface area (Å²) in [5, 5.41) is 0. The molecule has 0 radical (unpaired) electrons. The molecule has 334 valence electrons. The maximum Gasteiger partial charge on any atom is 0.306 e. The van der Waals surface area contributed by atoms with Gasteiger partial charge in [-0.2, -0.15) is 0 Å². The van der Waals surface area contributed by atoms with E-state index in [0.29, 0.717) is 29.7 Å². The summed E-state index contributed by atoms with van der Waals surface area (Å²) in [5.41, 5.74) is 0. The van der Waals surface area contributed by atoms with E-state index in [1.807, 2.05) is 39.4 Å². The third kappa shape index (κ3) is 36.8. The summed E-state index contributed by atoms with van der Waals surface area (Å²) in [4.78, 5) is 25.0. The monoisotopic (exact) mass is 834 g/mol. The van der Waals surface area contributed by atoms with E-state index in [0.717, 1.165) is 51.4 Å². The lowest BCUT2D eigenvalue weighted by Gasteiger charge is -2.28. The summed E-state index contributed by atoms with van der Waals surface area (Å²) in [6.45, 7) is 4.52. The van der Waals surface area contributed by atoms with E-state index in [1.54, 1.807) is 6.26 Å². The molecule has 1 rings (SSSR count). The number of phosphoric ester groups is 1. The van der Waals surface area contributed by atoms with Gasteiger partial charge in [0.2, 0.25) is 0 Å². The second-order valence-corrected chi connectivity index (χ2v) is 17.9. The highest BCUT2D eigenvalue weighted by atomic mass is 31.2. The Bertz CT molecular complexity index is 1220. The van der Waals surface area contributed by atoms with E-state index >= 15 is 0 Å². The number of ether oxygens (including phenoxy) is 3. The van der Waals surface area contributed by atoms with Crippen molar-refractivity contribution in [3.63, 3.8) is 0 Å². The SMILES string of the molecule is CC/C=C\CC1OC1C/C=C\C/C=C\C/C=C\C/C=C\CCC(=O)O[C@H](CO/C=C/CCCCCCCCCCCCCCCC)COP(=O)([O-])OCC[N+](C)(C)C. The Hall–Kier alpha value is -2.26. The van der Waals surface area contributed by atoms with Crippen LogP contribution in [0.4, 0.5) is 0 Å². The molecule has 10 heteroatoms. The molecule has 58 heavy (non-hydrogen) atoms. The first kappa shape index (κ1) is 53.8. The van der Waals surface area contributed by atoms with Crippen LogP contribution in [0.3, 0.4) is 0 Å². The summed E-state index contributed by atoms with van der Waals surface area (Å²) < 4.78 is 40.0. The van der Waals surface area contributed by atoms with Crippen LogP contribution in [0.25, 0.3) is 0 Å². The second kappa shape index (κ2) is 36.6. The van der Waals surface area contributed by atoms with Crippen LogP contribution in [0.1, 0.15) is 162 Å². The van der Waals surface area contributed by atoms with Gasteiger partial charge in [0.25, 0.3) is 7.82 Å². The summed E-state index contributed by atoms with van der Waals surface area (Å²) in [6, 6.07) is 0. The molecule has 0 bridgehead atoms. The number of hydrogen-bond donors (Lipinski definition) is 0. The highest BCUT2D eigenvalue weighted by Crippen LogP contribution is 2.38. The fraction of sp³-hybridized carbons (Fsp3) is 0.729. The Labute approximate surface area is 355 Å². The van der Waals surface area contributed by atoms with Crippen molar-refractivity contribution < 1.29 is 42.0 Å². The molecule has 3 unspecified atom stereocenters. The molecule has 1 saturated heterocycles. The van der Waals surface area contributed by atoms with Gasteiger partial charge in [-0.3, -0.25) is 9.36 Å². The summed E-state index contributed by atoms with van der Waals surface area (Å²) in [5.74, 6) is -0.441. The molecular formula is C48H84NO8P. The van der Waals surface area contributed by atoms with Gasteiger partial charge in [0.05, 0.1) is 46.2 Å². The maximum atomic E-state index is 12.7. The molecule has 0 spiro atoms. The number of hydrogen-bond acceptors (Lipinski definition) is 8. The van der Waals surface area contributed by atoms with Crippen LogP contribution in [0.15, 0.2) is 73.1 Å². The molecule has 0 aromatic rings. The molecule has 1 fully saturated rings. The fourth-order valence-electron chi connectivity index (χ4n) is 6.11.